The molecule has 2 heterocycles. The molecule has 2 aliphatic heterocycles. The number of nitrogens with zero attached hydrogens (tertiary/aromatic N) is 1. The normalized spacial score (nSPS) is 29.0. The SMILES string of the molecule is CO[C@H]1CCN(C(=O)C2COC2)C1. The molecular weight excluding hydrogens is 170 g/mol. The Balaban J connectivity index is 1.84. The summed E-state index contributed by atoms with van der Waals surface area (Å²) in [6.07, 6.45) is 1.21. The van der Waals surface area contributed by atoms with E-state index in [1.54, 1.807) is 7.11 Å². The van der Waals surface area contributed by atoms with Crippen LogP contribution in [0.3, 0.4) is 0 Å². The number of rotatable bonds is 2. The maximum absolute atomic E-state index is 11.7. The van der Waals surface area contributed by atoms with Crippen LogP contribution in [-0.2, 0) is 14.3 Å². The first kappa shape index (κ1) is 8.97. The summed E-state index contributed by atoms with van der Waals surface area (Å²) in [5, 5.41) is 0. The highest BCUT2D eigenvalue weighted by Crippen LogP contribution is 2.18. The van der Waals surface area contributed by atoms with Crippen LogP contribution in [0, 0.1) is 5.92 Å². The molecule has 74 valence electrons. The van der Waals surface area contributed by atoms with Gasteiger partial charge in [0.2, 0.25) is 5.91 Å². The largest absolute Gasteiger partial charge is 0.380 e. The van der Waals surface area contributed by atoms with Crippen LogP contribution in [0.5, 0.6) is 0 Å². The van der Waals surface area contributed by atoms with Gasteiger partial charge in [-0.15, -0.1) is 0 Å². The van der Waals surface area contributed by atoms with Crippen molar-refractivity contribution in [3.8, 4) is 0 Å². The van der Waals surface area contributed by atoms with Gasteiger partial charge in [-0.2, -0.15) is 0 Å². The second kappa shape index (κ2) is 3.64. The van der Waals surface area contributed by atoms with Gasteiger partial charge in [0.1, 0.15) is 0 Å². The number of methoxy groups -OCH3 is 1. The molecule has 2 rings (SSSR count). The van der Waals surface area contributed by atoms with Gasteiger partial charge in [0.15, 0.2) is 0 Å². The van der Waals surface area contributed by atoms with Crippen molar-refractivity contribution in [1.29, 1.82) is 0 Å². The number of likely N-dealkylation sites (tertiary alicyclic amines) is 1. The van der Waals surface area contributed by atoms with E-state index in [9.17, 15) is 4.79 Å². The molecule has 1 atom stereocenters. The van der Waals surface area contributed by atoms with Crippen molar-refractivity contribution >= 4 is 5.91 Å². The minimum Gasteiger partial charge on any atom is -0.380 e. The molecule has 2 saturated heterocycles. The van der Waals surface area contributed by atoms with Crippen LogP contribution >= 0.6 is 0 Å². The summed E-state index contributed by atoms with van der Waals surface area (Å²) >= 11 is 0. The van der Waals surface area contributed by atoms with Gasteiger partial charge in [0, 0.05) is 20.2 Å². The fourth-order valence-corrected chi connectivity index (χ4v) is 1.76. The molecule has 4 heteroatoms. The van der Waals surface area contributed by atoms with E-state index in [2.05, 4.69) is 0 Å². The first-order valence-corrected chi connectivity index (χ1v) is 4.70. The lowest BCUT2D eigenvalue weighted by atomic mass is 10.1. The molecule has 0 aliphatic carbocycles. The molecule has 0 bridgehead atoms. The molecule has 0 aromatic rings. The Kier molecular flexibility index (Phi) is 2.51. The lowest BCUT2D eigenvalue weighted by Crippen LogP contribution is -2.44. The predicted octanol–water partition coefficient (Wildman–Crippen LogP) is -0.120. The summed E-state index contributed by atoms with van der Waals surface area (Å²) in [6, 6.07) is 0. The van der Waals surface area contributed by atoms with Crippen LogP contribution in [0.4, 0.5) is 0 Å². The zero-order chi connectivity index (χ0) is 9.26. The molecule has 0 N–H and O–H groups in total. The molecule has 0 saturated carbocycles. The molecule has 0 radical (unpaired) electrons. The Labute approximate surface area is 77.8 Å². The third-order valence-corrected chi connectivity index (χ3v) is 2.78. The Morgan fingerprint density at radius 1 is 1.54 bits per heavy atom. The highest BCUT2D eigenvalue weighted by Gasteiger charge is 2.34. The summed E-state index contributed by atoms with van der Waals surface area (Å²) < 4.78 is 10.2. The summed E-state index contributed by atoms with van der Waals surface area (Å²) in [7, 11) is 1.70. The van der Waals surface area contributed by atoms with Crippen LogP contribution in [0.25, 0.3) is 0 Å². The second-order valence-electron chi connectivity index (χ2n) is 3.67. The molecule has 4 nitrogen and oxygen atoms in total. The van der Waals surface area contributed by atoms with E-state index in [1.807, 2.05) is 4.90 Å². The zero-order valence-corrected chi connectivity index (χ0v) is 7.86. The molecular formula is C9H15NO3. The van der Waals surface area contributed by atoms with E-state index < -0.39 is 0 Å². The van der Waals surface area contributed by atoms with Gasteiger partial charge in [-0.1, -0.05) is 0 Å². The summed E-state index contributed by atoms with van der Waals surface area (Å²) in [6.45, 7) is 2.81. The second-order valence-corrected chi connectivity index (χ2v) is 3.67. The highest BCUT2D eigenvalue weighted by atomic mass is 16.5. The molecule has 13 heavy (non-hydrogen) atoms. The van der Waals surface area contributed by atoms with Crippen LogP contribution in [0.1, 0.15) is 6.42 Å². The fourth-order valence-electron chi connectivity index (χ4n) is 1.76. The number of amides is 1. The third-order valence-electron chi connectivity index (χ3n) is 2.78. The van der Waals surface area contributed by atoms with Crippen molar-refractivity contribution in [3.05, 3.63) is 0 Å². The molecule has 2 fully saturated rings. The van der Waals surface area contributed by atoms with E-state index in [-0.39, 0.29) is 17.9 Å². The van der Waals surface area contributed by atoms with Crippen molar-refractivity contribution in [2.24, 2.45) is 5.92 Å². The van der Waals surface area contributed by atoms with Gasteiger partial charge in [0.25, 0.3) is 0 Å². The van der Waals surface area contributed by atoms with Crippen LogP contribution < -0.4 is 0 Å². The molecule has 2 aliphatic rings. The number of carbonyl (C=O) groups is 1. The lowest BCUT2D eigenvalue weighted by Gasteiger charge is -2.29. The van der Waals surface area contributed by atoms with Gasteiger partial charge in [-0.3, -0.25) is 4.79 Å². The maximum Gasteiger partial charge on any atom is 0.230 e. The highest BCUT2D eigenvalue weighted by molar-refractivity contribution is 5.80. The number of ether oxygens (including phenoxy) is 2. The average molecular weight is 185 g/mol. The van der Waals surface area contributed by atoms with E-state index >= 15 is 0 Å². The fraction of sp³-hybridized carbons (Fsp3) is 0.889. The standard InChI is InChI=1S/C9H15NO3/c1-12-8-2-3-10(4-8)9(11)7-5-13-6-7/h7-8H,2-6H2,1H3/t8-/m0/s1. The van der Waals surface area contributed by atoms with Gasteiger partial charge in [-0.05, 0) is 6.42 Å². The van der Waals surface area contributed by atoms with E-state index in [0.717, 1.165) is 19.5 Å². The van der Waals surface area contributed by atoms with E-state index in [1.165, 1.54) is 0 Å². The Hall–Kier alpha value is -0.610. The van der Waals surface area contributed by atoms with Crippen molar-refractivity contribution in [3.63, 3.8) is 0 Å². The summed E-state index contributed by atoms with van der Waals surface area (Å²) in [5.74, 6) is 0.362. The first-order chi connectivity index (χ1) is 6.31. The van der Waals surface area contributed by atoms with Gasteiger partial charge in [-0.25, -0.2) is 0 Å². The maximum atomic E-state index is 11.7. The Bertz CT molecular complexity index is 203. The molecule has 0 spiro atoms. The zero-order valence-electron chi connectivity index (χ0n) is 7.86. The number of carbonyl (C=O) groups excluding carboxylic acids is 1. The van der Waals surface area contributed by atoms with Crippen molar-refractivity contribution in [2.75, 3.05) is 33.4 Å². The minimum atomic E-state index is 0.121. The minimum absolute atomic E-state index is 0.121. The van der Waals surface area contributed by atoms with Crippen LogP contribution in [-0.4, -0.2) is 50.3 Å². The summed E-state index contributed by atoms with van der Waals surface area (Å²) in [4.78, 5) is 13.6. The predicted molar refractivity (Wildman–Crippen MR) is 46.3 cm³/mol. The third kappa shape index (κ3) is 1.69. The van der Waals surface area contributed by atoms with E-state index in [4.69, 9.17) is 9.47 Å². The lowest BCUT2D eigenvalue weighted by molar-refractivity contribution is -0.149. The smallest absolute Gasteiger partial charge is 0.230 e. The van der Waals surface area contributed by atoms with Crippen LogP contribution in [0.15, 0.2) is 0 Å². The van der Waals surface area contributed by atoms with Crippen molar-refractivity contribution in [1.82, 2.24) is 4.90 Å². The van der Waals surface area contributed by atoms with Gasteiger partial charge < -0.3 is 14.4 Å². The molecule has 1 amide bonds. The molecule has 0 aromatic heterocycles. The van der Waals surface area contributed by atoms with Crippen molar-refractivity contribution in [2.45, 2.75) is 12.5 Å². The van der Waals surface area contributed by atoms with Crippen molar-refractivity contribution < 1.29 is 14.3 Å². The first-order valence-electron chi connectivity index (χ1n) is 4.70. The monoisotopic (exact) mass is 185 g/mol. The number of hydrogen-bond acceptors (Lipinski definition) is 3. The van der Waals surface area contributed by atoms with Gasteiger partial charge in [0.05, 0.1) is 25.2 Å². The number of hydrogen-bond donors (Lipinski definition) is 0. The Morgan fingerprint density at radius 3 is 2.77 bits per heavy atom. The summed E-state index contributed by atoms with van der Waals surface area (Å²) in [5.41, 5.74) is 0. The van der Waals surface area contributed by atoms with Crippen LogP contribution in [0.2, 0.25) is 0 Å². The molecule has 0 unspecified atom stereocenters. The molecule has 0 aromatic carbocycles. The van der Waals surface area contributed by atoms with Gasteiger partial charge >= 0.3 is 0 Å². The topological polar surface area (TPSA) is 38.8 Å². The average Bonchev–Trinajstić information content (AvgIpc) is 2.48. The Morgan fingerprint density at radius 2 is 2.31 bits per heavy atom. The van der Waals surface area contributed by atoms with E-state index in [0.29, 0.717) is 13.2 Å². The quantitative estimate of drug-likeness (QED) is 0.602.